The summed E-state index contributed by atoms with van der Waals surface area (Å²) in [6, 6.07) is 7.99. The number of ether oxygens (including phenoxy) is 1. The summed E-state index contributed by atoms with van der Waals surface area (Å²) in [5, 5.41) is 20.7. The summed E-state index contributed by atoms with van der Waals surface area (Å²) in [7, 11) is 0. The van der Waals surface area contributed by atoms with Crippen molar-refractivity contribution in [1.82, 2.24) is 4.98 Å². The van der Waals surface area contributed by atoms with Crippen LogP contribution in [0, 0.1) is 17.0 Å². The summed E-state index contributed by atoms with van der Waals surface area (Å²) >= 11 is 0. The van der Waals surface area contributed by atoms with Crippen LogP contribution in [0.2, 0.25) is 0 Å². The number of aryl methyl sites for hydroxylation is 1. The third-order valence-corrected chi connectivity index (χ3v) is 2.77. The largest absolute Gasteiger partial charge is 0.431 e. The molecule has 0 aliphatic rings. The van der Waals surface area contributed by atoms with Gasteiger partial charge in [-0.2, -0.15) is 0 Å². The lowest BCUT2D eigenvalue weighted by Gasteiger charge is -2.11. The van der Waals surface area contributed by atoms with E-state index in [4.69, 9.17) is 4.74 Å². The maximum atomic E-state index is 11.0. The van der Waals surface area contributed by atoms with Crippen molar-refractivity contribution < 1.29 is 14.8 Å². The number of rotatable bonds is 4. The number of hydrogen-bond acceptors (Lipinski definition) is 5. The molecule has 0 aliphatic heterocycles. The second-order valence-electron chi connectivity index (χ2n) is 4.40. The first-order valence-electron chi connectivity index (χ1n) is 6.05. The minimum atomic E-state index is -0.775. The van der Waals surface area contributed by atoms with E-state index in [9.17, 15) is 15.2 Å². The Hall–Kier alpha value is -2.47. The van der Waals surface area contributed by atoms with E-state index in [1.54, 1.807) is 32.0 Å². The van der Waals surface area contributed by atoms with Crippen molar-refractivity contribution in [3.8, 4) is 11.6 Å². The number of nitrogens with zero attached hydrogens (tertiary/aromatic N) is 2. The lowest BCUT2D eigenvalue weighted by molar-refractivity contribution is -0.385. The molecule has 0 radical (unpaired) electrons. The molecule has 1 aromatic heterocycles. The van der Waals surface area contributed by atoms with Gasteiger partial charge in [0.25, 0.3) is 0 Å². The number of aliphatic hydroxyl groups is 1. The van der Waals surface area contributed by atoms with Crippen molar-refractivity contribution in [3.63, 3.8) is 0 Å². The average molecular weight is 274 g/mol. The lowest BCUT2D eigenvalue weighted by Crippen LogP contribution is -2.00. The van der Waals surface area contributed by atoms with Crippen molar-refractivity contribution in [3.05, 3.63) is 57.8 Å². The summed E-state index contributed by atoms with van der Waals surface area (Å²) in [4.78, 5) is 14.5. The quantitative estimate of drug-likeness (QED) is 0.683. The van der Waals surface area contributed by atoms with Gasteiger partial charge in [0, 0.05) is 17.8 Å². The van der Waals surface area contributed by atoms with E-state index in [2.05, 4.69) is 4.98 Å². The summed E-state index contributed by atoms with van der Waals surface area (Å²) in [5.74, 6) is 0.260. The molecule has 0 amide bonds. The Bertz CT molecular complexity index is 641. The molecule has 0 saturated heterocycles. The fourth-order valence-corrected chi connectivity index (χ4v) is 1.77. The van der Waals surface area contributed by atoms with Crippen LogP contribution < -0.4 is 4.74 Å². The highest BCUT2D eigenvalue weighted by Crippen LogP contribution is 2.33. The van der Waals surface area contributed by atoms with Crippen LogP contribution in [-0.4, -0.2) is 15.0 Å². The van der Waals surface area contributed by atoms with Gasteiger partial charge in [-0.05, 0) is 37.6 Å². The van der Waals surface area contributed by atoms with Crippen LogP contribution in [0.5, 0.6) is 11.6 Å². The Balaban J connectivity index is 2.43. The van der Waals surface area contributed by atoms with Gasteiger partial charge < -0.3 is 9.84 Å². The number of aromatic nitrogens is 1. The fraction of sp³-hybridized carbons (Fsp3) is 0.214. The molecule has 1 aromatic carbocycles. The summed E-state index contributed by atoms with van der Waals surface area (Å²) in [5.41, 5.74) is 1.11. The van der Waals surface area contributed by atoms with Crippen molar-refractivity contribution in [2.75, 3.05) is 0 Å². The highest BCUT2D eigenvalue weighted by atomic mass is 16.6. The van der Waals surface area contributed by atoms with Crippen LogP contribution in [0.25, 0.3) is 0 Å². The smallest absolute Gasteiger partial charge is 0.311 e. The zero-order valence-electron chi connectivity index (χ0n) is 11.1. The van der Waals surface area contributed by atoms with Gasteiger partial charge in [-0.3, -0.25) is 10.1 Å². The molecule has 104 valence electrons. The maximum Gasteiger partial charge on any atom is 0.311 e. The summed E-state index contributed by atoms with van der Waals surface area (Å²) in [6.45, 7) is 3.34. The number of nitro groups is 1. The molecule has 1 atom stereocenters. The summed E-state index contributed by atoms with van der Waals surface area (Å²) in [6.07, 6.45) is 0.726. The molecule has 1 heterocycles. The van der Waals surface area contributed by atoms with Crippen LogP contribution in [0.1, 0.15) is 24.2 Å². The zero-order valence-corrected chi connectivity index (χ0v) is 11.1. The lowest BCUT2D eigenvalue weighted by atomic mass is 10.2. The van der Waals surface area contributed by atoms with Crippen LogP contribution in [0.3, 0.4) is 0 Å². The van der Waals surface area contributed by atoms with E-state index in [1.165, 1.54) is 18.3 Å². The first kappa shape index (κ1) is 14.0. The molecule has 0 bridgehead atoms. The molecule has 0 saturated carbocycles. The molecule has 2 aromatic rings. The molecule has 0 fully saturated rings. The topological polar surface area (TPSA) is 85.5 Å². The molecule has 6 nitrogen and oxygen atoms in total. The Labute approximate surface area is 115 Å². The van der Waals surface area contributed by atoms with Crippen LogP contribution in [0.4, 0.5) is 5.69 Å². The minimum absolute atomic E-state index is 0.0983. The summed E-state index contributed by atoms with van der Waals surface area (Å²) < 4.78 is 5.51. The molecule has 6 heteroatoms. The Kier molecular flexibility index (Phi) is 3.95. The number of nitro benzene ring substituents is 1. The predicted octanol–water partition coefficient (Wildman–Crippen LogP) is 3.14. The molecule has 20 heavy (non-hydrogen) atoms. The normalized spacial score (nSPS) is 11.9. The SMILES string of the molecule is Cc1ccc(Oc2ncccc2[C@H](C)O)c([N+](=O)[O-])c1. The monoisotopic (exact) mass is 274 g/mol. The van der Waals surface area contributed by atoms with Gasteiger partial charge in [-0.25, -0.2) is 4.98 Å². The standard InChI is InChI=1S/C14H14N2O4/c1-9-5-6-13(12(8-9)16(18)19)20-14-11(10(2)17)4-3-7-15-14/h3-8,10,17H,1-2H3/t10-/m0/s1. The van der Waals surface area contributed by atoms with E-state index < -0.39 is 11.0 Å². The Morgan fingerprint density at radius 3 is 2.80 bits per heavy atom. The molecule has 0 spiro atoms. The van der Waals surface area contributed by atoms with Crippen molar-refractivity contribution in [2.45, 2.75) is 20.0 Å². The molecular weight excluding hydrogens is 260 g/mol. The third kappa shape index (κ3) is 2.92. The zero-order chi connectivity index (χ0) is 14.7. The van der Waals surface area contributed by atoms with Gasteiger partial charge in [0.2, 0.25) is 11.6 Å². The van der Waals surface area contributed by atoms with E-state index in [0.29, 0.717) is 5.56 Å². The second-order valence-corrected chi connectivity index (χ2v) is 4.40. The van der Waals surface area contributed by atoms with Gasteiger partial charge in [0.15, 0.2) is 0 Å². The van der Waals surface area contributed by atoms with E-state index in [1.807, 2.05) is 0 Å². The maximum absolute atomic E-state index is 11.0. The van der Waals surface area contributed by atoms with E-state index in [0.717, 1.165) is 5.56 Å². The molecular formula is C14H14N2O4. The number of aliphatic hydroxyl groups excluding tert-OH is 1. The highest BCUT2D eigenvalue weighted by molar-refractivity contribution is 5.50. The molecule has 0 aliphatic carbocycles. The molecule has 2 rings (SSSR count). The first-order valence-corrected chi connectivity index (χ1v) is 6.05. The van der Waals surface area contributed by atoms with Crippen molar-refractivity contribution >= 4 is 5.69 Å². The third-order valence-electron chi connectivity index (χ3n) is 2.77. The van der Waals surface area contributed by atoms with Gasteiger partial charge in [0.1, 0.15) is 0 Å². The van der Waals surface area contributed by atoms with Crippen molar-refractivity contribution in [2.24, 2.45) is 0 Å². The van der Waals surface area contributed by atoms with Gasteiger partial charge in [-0.1, -0.05) is 6.07 Å². The highest BCUT2D eigenvalue weighted by Gasteiger charge is 2.18. The fourth-order valence-electron chi connectivity index (χ4n) is 1.77. The number of hydrogen-bond donors (Lipinski definition) is 1. The van der Waals surface area contributed by atoms with Crippen LogP contribution in [-0.2, 0) is 0 Å². The second kappa shape index (κ2) is 5.66. The van der Waals surface area contributed by atoms with Crippen LogP contribution >= 0.6 is 0 Å². The van der Waals surface area contributed by atoms with Gasteiger partial charge in [0.05, 0.1) is 11.0 Å². The Morgan fingerprint density at radius 1 is 1.40 bits per heavy atom. The molecule has 0 unspecified atom stereocenters. The van der Waals surface area contributed by atoms with Crippen molar-refractivity contribution in [1.29, 1.82) is 0 Å². The Morgan fingerprint density at radius 2 is 2.15 bits per heavy atom. The van der Waals surface area contributed by atoms with Crippen LogP contribution in [0.15, 0.2) is 36.5 Å². The van der Waals surface area contributed by atoms with Gasteiger partial charge in [-0.15, -0.1) is 0 Å². The number of pyridine rings is 1. The van der Waals surface area contributed by atoms with E-state index >= 15 is 0 Å². The average Bonchev–Trinajstić information content (AvgIpc) is 2.41. The van der Waals surface area contributed by atoms with E-state index in [-0.39, 0.29) is 17.3 Å². The minimum Gasteiger partial charge on any atom is -0.431 e. The number of benzene rings is 1. The molecule has 1 N–H and O–H groups in total. The predicted molar refractivity (Wildman–Crippen MR) is 72.8 cm³/mol. The van der Waals surface area contributed by atoms with Gasteiger partial charge >= 0.3 is 5.69 Å². The first-order chi connectivity index (χ1) is 9.49.